The van der Waals surface area contributed by atoms with Crippen molar-refractivity contribution in [3.05, 3.63) is 70.2 Å². The topological polar surface area (TPSA) is 73.1 Å². The maximum Gasteiger partial charge on any atom is 0.279 e. The third-order valence-electron chi connectivity index (χ3n) is 3.99. The van der Waals surface area contributed by atoms with Gasteiger partial charge in [0.05, 0.1) is 0 Å². The van der Waals surface area contributed by atoms with Crippen LogP contribution >= 0.6 is 15.9 Å². The lowest BCUT2D eigenvalue weighted by Gasteiger charge is -2.32. The number of halogens is 1. The molecular weight excluding hydrogens is 372 g/mol. The Morgan fingerprint density at radius 2 is 1.83 bits per heavy atom. The lowest BCUT2D eigenvalue weighted by molar-refractivity contribution is -0.167. The van der Waals surface area contributed by atoms with Crippen molar-refractivity contribution in [2.24, 2.45) is 5.10 Å². The molecule has 0 saturated carbocycles. The molecule has 1 amide bonds. The maximum atomic E-state index is 12.7. The normalized spacial score (nSPS) is 21.5. The van der Waals surface area contributed by atoms with Gasteiger partial charge >= 0.3 is 0 Å². The van der Waals surface area contributed by atoms with E-state index in [9.17, 15) is 15.0 Å². The molecule has 6 heteroatoms. The molecule has 0 aromatic heterocycles. The zero-order chi connectivity index (χ0) is 17.3. The van der Waals surface area contributed by atoms with Crippen molar-refractivity contribution in [3.63, 3.8) is 0 Å². The van der Waals surface area contributed by atoms with Crippen molar-refractivity contribution in [2.75, 3.05) is 0 Å². The van der Waals surface area contributed by atoms with E-state index in [0.29, 0.717) is 16.8 Å². The molecule has 5 nitrogen and oxygen atoms in total. The van der Waals surface area contributed by atoms with E-state index in [-0.39, 0.29) is 6.42 Å². The monoisotopic (exact) mass is 388 g/mol. The largest absolute Gasteiger partial charge is 0.378 e. The molecule has 2 atom stereocenters. The Balaban J connectivity index is 1.95. The number of hydrogen-bond donors (Lipinski definition) is 2. The summed E-state index contributed by atoms with van der Waals surface area (Å²) in [6.07, 6.45) is -1.19. The summed E-state index contributed by atoms with van der Waals surface area (Å²) in [5.74, 6) is -0.663. The minimum atomic E-state index is -1.60. The van der Waals surface area contributed by atoms with Crippen LogP contribution in [-0.4, -0.2) is 26.8 Å². The first-order valence-corrected chi connectivity index (χ1v) is 8.31. The van der Waals surface area contributed by atoms with Gasteiger partial charge < -0.3 is 10.2 Å². The van der Waals surface area contributed by atoms with Crippen LogP contribution in [0.1, 0.15) is 30.6 Å². The minimum Gasteiger partial charge on any atom is -0.378 e. The highest BCUT2D eigenvalue weighted by Gasteiger charge is 2.46. The zero-order valence-corrected chi connectivity index (χ0v) is 14.6. The summed E-state index contributed by atoms with van der Waals surface area (Å²) in [7, 11) is 0. The van der Waals surface area contributed by atoms with E-state index in [0.717, 1.165) is 9.48 Å². The summed E-state index contributed by atoms with van der Waals surface area (Å²) in [5, 5.41) is 26.6. The molecule has 0 unspecified atom stereocenters. The quantitative estimate of drug-likeness (QED) is 0.848. The van der Waals surface area contributed by atoms with Crippen LogP contribution < -0.4 is 0 Å². The van der Waals surface area contributed by atoms with Gasteiger partial charge in [-0.2, -0.15) is 10.1 Å². The Labute approximate surface area is 148 Å². The highest BCUT2D eigenvalue weighted by atomic mass is 79.9. The van der Waals surface area contributed by atoms with Crippen molar-refractivity contribution in [1.82, 2.24) is 5.01 Å². The molecule has 0 bridgehead atoms. The van der Waals surface area contributed by atoms with Gasteiger partial charge in [-0.15, -0.1) is 0 Å². The van der Waals surface area contributed by atoms with Crippen LogP contribution in [0.4, 0.5) is 0 Å². The van der Waals surface area contributed by atoms with Crippen LogP contribution in [0, 0.1) is 0 Å². The third-order valence-corrected chi connectivity index (χ3v) is 4.52. The Kier molecular flexibility index (Phi) is 4.54. The second-order valence-electron chi connectivity index (χ2n) is 5.80. The molecule has 2 N–H and O–H groups in total. The molecule has 2 aromatic rings. The smallest absolute Gasteiger partial charge is 0.279 e. The molecule has 0 spiro atoms. The molecule has 3 rings (SSSR count). The van der Waals surface area contributed by atoms with Crippen LogP contribution in [0.5, 0.6) is 0 Å². The van der Waals surface area contributed by atoms with E-state index in [4.69, 9.17) is 0 Å². The summed E-state index contributed by atoms with van der Waals surface area (Å²) < 4.78 is 0.868. The van der Waals surface area contributed by atoms with Crippen LogP contribution in [0.15, 0.2) is 64.2 Å². The number of rotatable bonds is 3. The first-order valence-electron chi connectivity index (χ1n) is 7.51. The zero-order valence-electron chi connectivity index (χ0n) is 13.1. The number of benzene rings is 2. The molecule has 1 aliphatic rings. The standard InChI is InChI=1S/C18H17BrN2O3/c1-12-11-18(24,14-7-9-15(19)10-8-14)21(20-12)17(23)16(22)13-5-3-2-4-6-13/h2-10,16,22,24H,11H2,1H3/t16-,18-/m0/s1. The van der Waals surface area contributed by atoms with Crippen molar-refractivity contribution >= 4 is 27.5 Å². The summed E-state index contributed by atoms with van der Waals surface area (Å²) in [6, 6.07) is 15.6. The number of carbonyl (C=O) groups is 1. The lowest BCUT2D eigenvalue weighted by atomic mass is 9.97. The predicted octanol–water partition coefficient (Wildman–Crippen LogP) is 2.94. The van der Waals surface area contributed by atoms with E-state index in [1.54, 1.807) is 61.5 Å². The third kappa shape index (κ3) is 3.00. The number of nitrogens with zero attached hydrogens (tertiary/aromatic N) is 2. The summed E-state index contributed by atoms with van der Waals surface area (Å²) in [4.78, 5) is 12.7. The van der Waals surface area contributed by atoms with Crippen molar-refractivity contribution < 1.29 is 15.0 Å². The fraction of sp³-hybridized carbons (Fsp3) is 0.222. The number of hydrazone groups is 1. The number of amides is 1. The average molecular weight is 389 g/mol. The number of aliphatic hydroxyl groups excluding tert-OH is 1. The number of hydrogen-bond acceptors (Lipinski definition) is 4. The highest BCUT2D eigenvalue weighted by molar-refractivity contribution is 9.10. The summed E-state index contributed by atoms with van der Waals surface area (Å²) in [5.41, 5.74) is 0.0202. The molecule has 0 fully saturated rings. The molecule has 1 aliphatic heterocycles. The summed E-state index contributed by atoms with van der Waals surface area (Å²) >= 11 is 3.35. The first kappa shape index (κ1) is 16.8. The molecule has 24 heavy (non-hydrogen) atoms. The van der Waals surface area contributed by atoms with Gasteiger partial charge in [0, 0.05) is 22.2 Å². The second kappa shape index (κ2) is 6.47. The molecule has 0 radical (unpaired) electrons. The van der Waals surface area contributed by atoms with E-state index in [1.807, 2.05) is 0 Å². The fourth-order valence-corrected chi connectivity index (χ4v) is 3.05. The van der Waals surface area contributed by atoms with Gasteiger partial charge in [-0.1, -0.05) is 58.4 Å². The molecule has 1 heterocycles. The van der Waals surface area contributed by atoms with Crippen molar-refractivity contribution in [2.45, 2.75) is 25.2 Å². The molecule has 0 aliphatic carbocycles. The lowest BCUT2D eigenvalue weighted by Crippen LogP contribution is -2.45. The highest BCUT2D eigenvalue weighted by Crippen LogP contribution is 2.37. The van der Waals surface area contributed by atoms with Gasteiger partial charge in [0.1, 0.15) is 0 Å². The minimum absolute atomic E-state index is 0.196. The number of aliphatic hydroxyl groups is 2. The molecule has 2 aromatic carbocycles. The van der Waals surface area contributed by atoms with Crippen LogP contribution in [0.3, 0.4) is 0 Å². The Morgan fingerprint density at radius 1 is 1.21 bits per heavy atom. The second-order valence-corrected chi connectivity index (χ2v) is 6.71. The van der Waals surface area contributed by atoms with Gasteiger partial charge in [-0.05, 0) is 24.6 Å². The van der Waals surface area contributed by atoms with E-state index < -0.39 is 17.7 Å². The van der Waals surface area contributed by atoms with E-state index >= 15 is 0 Å². The van der Waals surface area contributed by atoms with Crippen LogP contribution in [0.2, 0.25) is 0 Å². The molecular formula is C18H17BrN2O3. The number of carbonyl (C=O) groups excluding carboxylic acids is 1. The Morgan fingerprint density at radius 3 is 2.46 bits per heavy atom. The van der Waals surface area contributed by atoms with E-state index in [2.05, 4.69) is 21.0 Å². The first-order chi connectivity index (χ1) is 11.4. The van der Waals surface area contributed by atoms with Gasteiger partial charge in [-0.25, -0.2) is 0 Å². The molecule has 0 saturated heterocycles. The fourth-order valence-electron chi connectivity index (χ4n) is 2.79. The summed E-state index contributed by atoms with van der Waals surface area (Å²) in [6.45, 7) is 1.74. The van der Waals surface area contributed by atoms with E-state index in [1.165, 1.54) is 0 Å². The van der Waals surface area contributed by atoms with Gasteiger partial charge in [-0.3, -0.25) is 4.79 Å². The Bertz CT molecular complexity index is 777. The van der Waals surface area contributed by atoms with Gasteiger partial charge in [0.2, 0.25) is 0 Å². The van der Waals surface area contributed by atoms with Crippen molar-refractivity contribution in [3.8, 4) is 0 Å². The van der Waals surface area contributed by atoms with Gasteiger partial charge in [0.15, 0.2) is 11.8 Å². The van der Waals surface area contributed by atoms with Crippen LogP contribution in [0.25, 0.3) is 0 Å². The maximum absolute atomic E-state index is 12.7. The van der Waals surface area contributed by atoms with Crippen molar-refractivity contribution in [1.29, 1.82) is 0 Å². The molecule has 124 valence electrons. The predicted molar refractivity (Wildman–Crippen MR) is 94.0 cm³/mol. The SMILES string of the molecule is CC1=NN(C(=O)[C@@H](O)c2ccccc2)[C@@](O)(c2ccc(Br)cc2)C1. The van der Waals surface area contributed by atoms with Crippen LogP contribution in [-0.2, 0) is 10.5 Å². The van der Waals surface area contributed by atoms with Gasteiger partial charge in [0.25, 0.3) is 5.91 Å². The average Bonchev–Trinajstić information content (AvgIpc) is 2.90. The Hall–Kier alpha value is -2.02.